The van der Waals surface area contributed by atoms with E-state index in [9.17, 15) is 13.2 Å². The van der Waals surface area contributed by atoms with Crippen LogP contribution in [0, 0.1) is 0 Å². The Morgan fingerprint density at radius 2 is 1.62 bits per heavy atom. The van der Waals surface area contributed by atoms with E-state index in [1.807, 2.05) is 32.0 Å². The number of anilines is 1. The summed E-state index contributed by atoms with van der Waals surface area (Å²) in [5.74, 6) is -0.749. The summed E-state index contributed by atoms with van der Waals surface area (Å²) in [6, 6.07) is 9.59. The number of carbonyl (C=O) groups excluding carboxylic acids is 1. The first-order valence-corrected chi connectivity index (χ1v) is 10.3. The van der Waals surface area contributed by atoms with Crippen LogP contribution in [0.4, 0.5) is 5.69 Å². The van der Waals surface area contributed by atoms with Gasteiger partial charge in [-0.2, -0.15) is 0 Å². The summed E-state index contributed by atoms with van der Waals surface area (Å²) in [6.45, 7) is 3.38. The molecule has 26 heavy (non-hydrogen) atoms. The van der Waals surface area contributed by atoms with Crippen molar-refractivity contribution in [2.24, 2.45) is 5.73 Å². The van der Waals surface area contributed by atoms with Crippen molar-refractivity contribution in [2.45, 2.75) is 31.6 Å². The number of carbonyl (C=O) groups is 1. The first-order valence-electron chi connectivity index (χ1n) is 8.09. The number of rotatable bonds is 7. The maximum Gasteiger partial charge on any atom is 0.264 e. The SMILES string of the molecule is CCc1cccc(CC)c1N(CC(N)=O)S(=O)(=O)c1ccc(Cl)c(Cl)c1. The van der Waals surface area contributed by atoms with Gasteiger partial charge in [0.1, 0.15) is 6.54 Å². The smallest absolute Gasteiger partial charge is 0.264 e. The van der Waals surface area contributed by atoms with E-state index in [0.29, 0.717) is 18.5 Å². The van der Waals surface area contributed by atoms with Crippen molar-refractivity contribution in [2.75, 3.05) is 10.8 Å². The van der Waals surface area contributed by atoms with Crippen LogP contribution in [0.1, 0.15) is 25.0 Å². The minimum atomic E-state index is -4.06. The Morgan fingerprint density at radius 3 is 2.08 bits per heavy atom. The molecule has 140 valence electrons. The molecule has 2 rings (SSSR count). The number of sulfonamides is 1. The molecule has 0 aliphatic carbocycles. The highest BCUT2D eigenvalue weighted by Gasteiger charge is 2.30. The molecule has 0 aliphatic rings. The third-order valence-corrected chi connectivity index (χ3v) is 6.47. The van der Waals surface area contributed by atoms with Gasteiger partial charge in [-0.15, -0.1) is 0 Å². The molecule has 0 bridgehead atoms. The molecule has 5 nitrogen and oxygen atoms in total. The summed E-state index contributed by atoms with van der Waals surface area (Å²) in [5.41, 5.74) is 7.47. The molecule has 0 atom stereocenters. The standard InChI is InChI=1S/C18H20Cl2N2O3S/c1-3-12-6-5-7-13(4-2)18(12)22(11-17(21)23)26(24,25)14-8-9-15(19)16(20)10-14/h5-10H,3-4,11H2,1-2H3,(H2,21,23). The van der Waals surface area contributed by atoms with Gasteiger partial charge in [-0.1, -0.05) is 55.2 Å². The van der Waals surface area contributed by atoms with Gasteiger partial charge in [0.25, 0.3) is 10.0 Å². The zero-order chi connectivity index (χ0) is 19.5. The first-order chi connectivity index (χ1) is 12.2. The number of benzene rings is 2. The van der Waals surface area contributed by atoms with Crippen molar-refractivity contribution in [3.63, 3.8) is 0 Å². The summed E-state index contributed by atoms with van der Waals surface area (Å²) >= 11 is 11.9. The second kappa shape index (κ2) is 8.29. The molecule has 0 aliphatic heterocycles. The van der Waals surface area contributed by atoms with E-state index in [2.05, 4.69) is 0 Å². The van der Waals surface area contributed by atoms with Gasteiger partial charge in [-0.3, -0.25) is 9.10 Å². The Labute approximate surface area is 163 Å². The van der Waals surface area contributed by atoms with E-state index in [1.54, 1.807) is 0 Å². The van der Waals surface area contributed by atoms with E-state index >= 15 is 0 Å². The number of hydrogen-bond acceptors (Lipinski definition) is 3. The van der Waals surface area contributed by atoms with Crippen LogP contribution < -0.4 is 10.0 Å². The van der Waals surface area contributed by atoms with Crippen LogP contribution in [0.2, 0.25) is 10.0 Å². The molecule has 0 saturated carbocycles. The largest absolute Gasteiger partial charge is 0.368 e. The molecule has 2 aromatic rings. The lowest BCUT2D eigenvalue weighted by Gasteiger charge is -2.27. The fraction of sp³-hybridized carbons (Fsp3) is 0.278. The van der Waals surface area contributed by atoms with Gasteiger partial charge in [-0.05, 0) is 42.2 Å². The average Bonchev–Trinajstić information content (AvgIpc) is 2.60. The van der Waals surface area contributed by atoms with Gasteiger partial charge in [0, 0.05) is 0 Å². The summed E-state index contributed by atoms with van der Waals surface area (Å²) in [5, 5.41) is 0.363. The molecular weight excluding hydrogens is 395 g/mol. The molecule has 1 amide bonds. The van der Waals surface area contributed by atoms with Crippen LogP contribution in [0.3, 0.4) is 0 Å². The maximum atomic E-state index is 13.3. The lowest BCUT2D eigenvalue weighted by molar-refractivity contribution is -0.116. The van der Waals surface area contributed by atoms with Crippen molar-refractivity contribution >= 4 is 44.8 Å². The molecular formula is C18H20Cl2N2O3S. The predicted octanol–water partition coefficient (Wildman–Crippen LogP) is 3.80. The minimum Gasteiger partial charge on any atom is -0.368 e. The Balaban J connectivity index is 2.72. The molecule has 2 N–H and O–H groups in total. The lowest BCUT2D eigenvalue weighted by atomic mass is 10.0. The first kappa shape index (κ1) is 20.6. The monoisotopic (exact) mass is 414 g/mol. The van der Waals surface area contributed by atoms with Gasteiger partial charge in [0.2, 0.25) is 5.91 Å². The Morgan fingerprint density at radius 1 is 1.04 bits per heavy atom. The number of nitrogens with zero attached hydrogens (tertiary/aromatic N) is 1. The number of amides is 1. The average molecular weight is 415 g/mol. The zero-order valence-corrected chi connectivity index (χ0v) is 16.8. The quantitative estimate of drug-likeness (QED) is 0.747. The molecule has 0 saturated heterocycles. The topological polar surface area (TPSA) is 80.5 Å². The lowest BCUT2D eigenvalue weighted by Crippen LogP contribution is -2.39. The number of halogens is 2. The number of aryl methyl sites for hydroxylation is 2. The van der Waals surface area contributed by atoms with Crippen molar-refractivity contribution in [3.8, 4) is 0 Å². The molecule has 0 heterocycles. The highest BCUT2D eigenvalue weighted by molar-refractivity contribution is 7.92. The molecule has 2 aromatic carbocycles. The van der Waals surface area contributed by atoms with Crippen molar-refractivity contribution in [1.82, 2.24) is 0 Å². The second-order valence-electron chi connectivity index (χ2n) is 5.69. The van der Waals surface area contributed by atoms with Crippen molar-refractivity contribution in [1.29, 1.82) is 0 Å². The highest BCUT2D eigenvalue weighted by Crippen LogP contribution is 2.33. The second-order valence-corrected chi connectivity index (χ2v) is 8.36. The summed E-state index contributed by atoms with van der Waals surface area (Å²) in [6.07, 6.45) is 1.21. The number of hydrogen-bond donors (Lipinski definition) is 1. The van der Waals surface area contributed by atoms with E-state index in [-0.39, 0.29) is 14.9 Å². The van der Waals surface area contributed by atoms with Gasteiger partial charge in [-0.25, -0.2) is 8.42 Å². The van der Waals surface area contributed by atoms with E-state index in [1.165, 1.54) is 18.2 Å². The van der Waals surface area contributed by atoms with Crippen LogP contribution in [0.25, 0.3) is 0 Å². The molecule has 0 unspecified atom stereocenters. The van der Waals surface area contributed by atoms with Gasteiger partial charge in [0.15, 0.2) is 0 Å². The van der Waals surface area contributed by atoms with E-state index in [0.717, 1.165) is 15.4 Å². The minimum absolute atomic E-state index is 0.0545. The van der Waals surface area contributed by atoms with Crippen LogP contribution in [0.5, 0.6) is 0 Å². The zero-order valence-electron chi connectivity index (χ0n) is 14.5. The van der Waals surface area contributed by atoms with Gasteiger partial charge in [0.05, 0.1) is 20.6 Å². The van der Waals surface area contributed by atoms with Gasteiger partial charge < -0.3 is 5.73 Å². The number of para-hydroxylation sites is 1. The third-order valence-electron chi connectivity index (χ3n) is 3.99. The molecule has 0 spiro atoms. The van der Waals surface area contributed by atoms with Crippen LogP contribution >= 0.6 is 23.2 Å². The van der Waals surface area contributed by atoms with Crippen LogP contribution in [-0.4, -0.2) is 20.9 Å². The fourth-order valence-electron chi connectivity index (χ4n) is 2.73. The molecule has 8 heteroatoms. The predicted molar refractivity (Wildman–Crippen MR) is 105 cm³/mol. The van der Waals surface area contributed by atoms with Crippen molar-refractivity contribution < 1.29 is 13.2 Å². The Hall–Kier alpha value is -1.76. The number of primary amides is 1. The third kappa shape index (κ3) is 4.14. The van der Waals surface area contributed by atoms with E-state index in [4.69, 9.17) is 28.9 Å². The normalized spacial score (nSPS) is 11.4. The van der Waals surface area contributed by atoms with Crippen LogP contribution in [0.15, 0.2) is 41.3 Å². The van der Waals surface area contributed by atoms with Gasteiger partial charge >= 0.3 is 0 Å². The molecule has 0 radical (unpaired) electrons. The Kier molecular flexibility index (Phi) is 6.55. The summed E-state index contributed by atoms with van der Waals surface area (Å²) < 4.78 is 27.6. The number of nitrogens with two attached hydrogens (primary N) is 1. The highest BCUT2D eigenvalue weighted by atomic mass is 35.5. The summed E-state index contributed by atoms with van der Waals surface area (Å²) in [7, 11) is -4.06. The van der Waals surface area contributed by atoms with E-state index < -0.39 is 22.5 Å². The van der Waals surface area contributed by atoms with Crippen LogP contribution in [-0.2, 0) is 27.7 Å². The molecule has 0 fully saturated rings. The Bertz CT molecular complexity index is 908. The maximum absolute atomic E-state index is 13.3. The summed E-state index contributed by atoms with van der Waals surface area (Å²) in [4.78, 5) is 11.6. The fourth-order valence-corrected chi connectivity index (χ4v) is 4.62. The molecule has 0 aromatic heterocycles. The van der Waals surface area contributed by atoms with Crippen molar-refractivity contribution in [3.05, 3.63) is 57.6 Å².